The van der Waals surface area contributed by atoms with Crippen LogP contribution in [0, 0.1) is 6.92 Å². The number of aromatic amines is 1. The number of carbonyl (C=O) groups is 1. The SMILES string of the molecule is Cc1n[nH]nc1NC(=O)c1coc(C2CCC2)n1. The van der Waals surface area contributed by atoms with E-state index < -0.39 is 0 Å². The number of aromatic nitrogens is 4. The summed E-state index contributed by atoms with van der Waals surface area (Å²) in [5.41, 5.74) is 0.908. The van der Waals surface area contributed by atoms with Crippen molar-refractivity contribution >= 4 is 11.7 Å². The predicted octanol–water partition coefficient (Wildman–Crippen LogP) is 1.62. The Balaban J connectivity index is 1.72. The summed E-state index contributed by atoms with van der Waals surface area (Å²) in [4.78, 5) is 16.1. The maximum absolute atomic E-state index is 11.9. The largest absolute Gasteiger partial charge is 0.448 e. The van der Waals surface area contributed by atoms with Crippen molar-refractivity contribution in [3.05, 3.63) is 23.5 Å². The number of H-pyrrole nitrogens is 1. The fourth-order valence-electron chi connectivity index (χ4n) is 1.81. The van der Waals surface area contributed by atoms with E-state index in [1.54, 1.807) is 6.92 Å². The standard InChI is InChI=1S/C11H13N5O2/c1-6-9(15-16-14-6)13-10(17)8-5-18-11(12-8)7-3-2-4-7/h5,7H,2-4H2,1H3,(H2,13,14,15,16,17). The Hall–Kier alpha value is -2.18. The van der Waals surface area contributed by atoms with Gasteiger partial charge in [0.15, 0.2) is 17.4 Å². The number of aryl methyl sites for hydroxylation is 1. The highest BCUT2D eigenvalue weighted by atomic mass is 16.3. The van der Waals surface area contributed by atoms with Crippen molar-refractivity contribution in [2.45, 2.75) is 32.1 Å². The van der Waals surface area contributed by atoms with Crippen LogP contribution in [0.25, 0.3) is 0 Å². The first kappa shape index (κ1) is 10.9. The molecule has 1 saturated carbocycles. The van der Waals surface area contributed by atoms with Gasteiger partial charge in [-0.3, -0.25) is 4.79 Å². The Labute approximate surface area is 103 Å². The van der Waals surface area contributed by atoms with Crippen molar-refractivity contribution in [2.75, 3.05) is 5.32 Å². The molecule has 1 amide bonds. The maximum atomic E-state index is 11.9. The van der Waals surface area contributed by atoms with E-state index in [0.717, 1.165) is 12.8 Å². The van der Waals surface area contributed by atoms with Crippen molar-refractivity contribution < 1.29 is 9.21 Å². The molecule has 1 aliphatic rings. The Kier molecular flexibility index (Phi) is 2.58. The smallest absolute Gasteiger partial charge is 0.278 e. The molecule has 2 aromatic heterocycles. The molecule has 1 fully saturated rings. The third-order valence-corrected chi connectivity index (χ3v) is 3.16. The molecule has 0 atom stereocenters. The number of anilines is 1. The van der Waals surface area contributed by atoms with E-state index in [1.807, 2.05) is 0 Å². The van der Waals surface area contributed by atoms with Crippen LogP contribution in [-0.4, -0.2) is 26.3 Å². The molecule has 1 aliphatic carbocycles. The fraction of sp³-hybridized carbons (Fsp3) is 0.455. The second-order valence-corrected chi connectivity index (χ2v) is 4.41. The number of hydrogen-bond donors (Lipinski definition) is 2. The van der Waals surface area contributed by atoms with Gasteiger partial charge in [0, 0.05) is 5.92 Å². The van der Waals surface area contributed by atoms with E-state index in [1.165, 1.54) is 12.7 Å². The van der Waals surface area contributed by atoms with E-state index in [-0.39, 0.29) is 11.6 Å². The second-order valence-electron chi connectivity index (χ2n) is 4.41. The van der Waals surface area contributed by atoms with E-state index in [4.69, 9.17) is 4.42 Å². The number of oxazole rings is 1. The lowest BCUT2D eigenvalue weighted by molar-refractivity contribution is 0.102. The summed E-state index contributed by atoms with van der Waals surface area (Å²) >= 11 is 0. The third kappa shape index (κ3) is 1.87. The number of rotatable bonds is 3. The summed E-state index contributed by atoms with van der Waals surface area (Å²) in [5.74, 6) is 1.11. The van der Waals surface area contributed by atoms with E-state index in [2.05, 4.69) is 25.7 Å². The van der Waals surface area contributed by atoms with Crippen molar-refractivity contribution in [2.24, 2.45) is 0 Å². The number of nitrogens with zero attached hydrogens (tertiary/aromatic N) is 3. The van der Waals surface area contributed by atoms with Gasteiger partial charge in [-0.15, -0.1) is 5.10 Å². The number of hydrogen-bond acceptors (Lipinski definition) is 5. The quantitative estimate of drug-likeness (QED) is 0.859. The number of amides is 1. The first-order valence-electron chi connectivity index (χ1n) is 5.88. The average Bonchev–Trinajstić information content (AvgIpc) is 2.87. The van der Waals surface area contributed by atoms with Crippen molar-refractivity contribution in [3.63, 3.8) is 0 Å². The molecule has 2 aromatic rings. The zero-order valence-electron chi connectivity index (χ0n) is 9.93. The lowest BCUT2D eigenvalue weighted by Crippen LogP contribution is -2.14. The van der Waals surface area contributed by atoms with Crippen LogP contribution in [0.2, 0.25) is 0 Å². The van der Waals surface area contributed by atoms with Crippen LogP contribution in [0.5, 0.6) is 0 Å². The van der Waals surface area contributed by atoms with Crippen molar-refractivity contribution in [1.29, 1.82) is 0 Å². The van der Waals surface area contributed by atoms with Crippen molar-refractivity contribution in [3.8, 4) is 0 Å². The Bertz CT molecular complexity index is 570. The molecule has 2 heterocycles. The topological polar surface area (TPSA) is 96.7 Å². The zero-order chi connectivity index (χ0) is 12.5. The van der Waals surface area contributed by atoms with Crippen LogP contribution < -0.4 is 5.32 Å². The molecule has 0 aromatic carbocycles. The minimum absolute atomic E-state index is 0.277. The number of nitrogens with one attached hydrogen (secondary N) is 2. The van der Waals surface area contributed by atoms with Gasteiger partial charge in [-0.1, -0.05) is 6.42 Å². The van der Waals surface area contributed by atoms with Gasteiger partial charge >= 0.3 is 0 Å². The highest BCUT2D eigenvalue weighted by Crippen LogP contribution is 2.35. The van der Waals surface area contributed by atoms with Crippen LogP contribution in [-0.2, 0) is 0 Å². The fourth-order valence-corrected chi connectivity index (χ4v) is 1.81. The van der Waals surface area contributed by atoms with E-state index in [9.17, 15) is 4.79 Å². The first-order valence-corrected chi connectivity index (χ1v) is 5.88. The molecule has 18 heavy (non-hydrogen) atoms. The second kappa shape index (κ2) is 4.25. The highest BCUT2D eigenvalue weighted by molar-refractivity contribution is 6.02. The minimum Gasteiger partial charge on any atom is -0.448 e. The maximum Gasteiger partial charge on any atom is 0.278 e. The van der Waals surface area contributed by atoms with Gasteiger partial charge in [0.25, 0.3) is 5.91 Å². The van der Waals surface area contributed by atoms with Crippen LogP contribution >= 0.6 is 0 Å². The molecule has 0 radical (unpaired) electrons. The van der Waals surface area contributed by atoms with Crippen molar-refractivity contribution in [1.82, 2.24) is 20.4 Å². The normalized spacial score (nSPS) is 15.4. The molecule has 0 spiro atoms. The van der Waals surface area contributed by atoms with E-state index in [0.29, 0.717) is 23.3 Å². The molecule has 0 unspecified atom stereocenters. The Morgan fingerprint density at radius 3 is 2.94 bits per heavy atom. The van der Waals surface area contributed by atoms with Gasteiger partial charge in [-0.25, -0.2) is 4.98 Å². The molecular formula is C11H13N5O2. The van der Waals surface area contributed by atoms with Gasteiger partial charge < -0.3 is 9.73 Å². The van der Waals surface area contributed by atoms with Crippen LogP contribution in [0.4, 0.5) is 5.82 Å². The summed E-state index contributed by atoms with van der Waals surface area (Å²) in [6.45, 7) is 1.75. The van der Waals surface area contributed by atoms with Crippen LogP contribution in [0.3, 0.4) is 0 Å². The molecule has 94 valence electrons. The lowest BCUT2D eigenvalue weighted by atomic mass is 9.85. The predicted molar refractivity (Wildman–Crippen MR) is 62.2 cm³/mol. The van der Waals surface area contributed by atoms with Gasteiger partial charge in [0.05, 0.1) is 0 Å². The summed E-state index contributed by atoms with van der Waals surface area (Å²) in [5, 5.41) is 12.7. The number of carbonyl (C=O) groups excluding carboxylic acids is 1. The average molecular weight is 247 g/mol. The molecule has 0 saturated heterocycles. The van der Waals surface area contributed by atoms with Gasteiger partial charge in [0.1, 0.15) is 12.0 Å². The van der Waals surface area contributed by atoms with Gasteiger partial charge in [-0.05, 0) is 19.8 Å². The third-order valence-electron chi connectivity index (χ3n) is 3.16. The summed E-state index contributed by atoms with van der Waals surface area (Å²) in [7, 11) is 0. The van der Waals surface area contributed by atoms with Crippen LogP contribution in [0.1, 0.15) is 47.3 Å². The highest BCUT2D eigenvalue weighted by Gasteiger charge is 2.25. The monoisotopic (exact) mass is 247 g/mol. The zero-order valence-corrected chi connectivity index (χ0v) is 9.93. The molecule has 3 rings (SSSR count). The van der Waals surface area contributed by atoms with E-state index >= 15 is 0 Å². The molecule has 7 heteroatoms. The lowest BCUT2D eigenvalue weighted by Gasteiger charge is -2.21. The first-order chi connectivity index (χ1) is 8.74. The summed E-state index contributed by atoms with van der Waals surface area (Å²) < 4.78 is 5.32. The minimum atomic E-state index is -0.332. The van der Waals surface area contributed by atoms with Gasteiger partial charge in [-0.2, -0.15) is 10.3 Å². The van der Waals surface area contributed by atoms with Gasteiger partial charge in [0.2, 0.25) is 0 Å². The molecular weight excluding hydrogens is 234 g/mol. The van der Waals surface area contributed by atoms with Crippen LogP contribution in [0.15, 0.2) is 10.7 Å². The molecule has 2 N–H and O–H groups in total. The Morgan fingerprint density at radius 1 is 1.50 bits per heavy atom. The molecule has 0 aliphatic heterocycles. The summed E-state index contributed by atoms with van der Waals surface area (Å²) in [6, 6.07) is 0. The Morgan fingerprint density at radius 2 is 2.33 bits per heavy atom. The summed E-state index contributed by atoms with van der Waals surface area (Å²) in [6.07, 6.45) is 4.76. The molecule has 0 bridgehead atoms. The molecule has 7 nitrogen and oxygen atoms in total.